The molecule has 0 aliphatic rings. The van der Waals surface area contributed by atoms with Crippen molar-refractivity contribution in [3.63, 3.8) is 0 Å². The summed E-state index contributed by atoms with van der Waals surface area (Å²) in [6.07, 6.45) is 2.90. The molecule has 0 aromatic rings. The van der Waals surface area contributed by atoms with Crippen molar-refractivity contribution in [2.45, 2.75) is 71.5 Å². The van der Waals surface area contributed by atoms with Gasteiger partial charge in [-0.05, 0) is 37.0 Å². The van der Waals surface area contributed by atoms with E-state index in [-0.39, 0.29) is 31.0 Å². The molecule has 0 radical (unpaired) electrons. The maximum Gasteiger partial charge on any atom is 0.0821 e. The molecule has 0 aliphatic carbocycles. The van der Waals surface area contributed by atoms with Gasteiger partial charge in [0.25, 0.3) is 0 Å². The zero-order chi connectivity index (χ0) is 14.9. The minimum absolute atomic E-state index is 0.119. The second-order valence-electron chi connectivity index (χ2n) is 5.76. The molecule has 0 spiro atoms. The Morgan fingerprint density at radius 1 is 1.05 bits per heavy atom. The molecule has 4 heteroatoms. The van der Waals surface area contributed by atoms with E-state index in [1.807, 2.05) is 6.92 Å². The average molecular weight is 276 g/mol. The first kappa shape index (κ1) is 18.8. The molecule has 0 aromatic heterocycles. The van der Waals surface area contributed by atoms with Crippen LogP contribution in [0.2, 0.25) is 0 Å². The van der Waals surface area contributed by atoms with Crippen molar-refractivity contribution in [2.75, 3.05) is 13.2 Å². The number of aliphatic hydroxyl groups excluding tert-OH is 4. The molecule has 4 unspecified atom stereocenters. The SMILES string of the molecule is CCCCC(CC)(CO)C(C)CC(O)C(O)CCO. The van der Waals surface area contributed by atoms with E-state index in [2.05, 4.69) is 13.8 Å². The van der Waals surface area contributed by atoms with Crippen LogP contribution in [0.5, 0.6) is 0 Å². The molecule has 0 amide bonds. The van der Waals surface area contributed by atoms with Crippen LogP contribution in [0.15, 0.2) is 0 Å². The molecular formula is C15H32O4. The second kappa shape index (κ2) is 9.70. The van der Waals surface area contributed by atoms with Gasteiger partial charge < -0.3 is 20.4 Å². The van der Waals surface area contributed by atoms with E-state index in [4.69, 9.17) is 5.11 Å². The van der Waals surface area contributed by atoms with Crippen LogP contribution in [0, 0.1) is 11.3 Å². The highest BCUT2D eigenvalue weighted by Crippen LogP contribution is 2.39. The van der Waals surface area contributed by atoms with E-state index in [9.17, 15) is 15.3 Å². The molecule has 0 fully saturated rings. The highest BCUT2D eigenvalue weighted by Gasteiger charge is 2.35. The smallest absolute Gasteiger partial charge is 0.0821 e. The Balaban J connectivity index is 4.58. The normalized spacial score (nSPS) is 19.7. The van der Waals surface area contributed by atoms with Gasteiger partial charge in [0, 0.05) is 13.2 Å². The molecule has 0 rings (SSSR count). The van der Waals surface area contributed by atoms with Crippen molar-refractivity contribution in [3.05, 3.63) is 0 Å². The van der Waals surface area contributed by atoms with Gasteiger partial charge in [0.1, 0.15) is 0 Å². The molecule has 4 atom stereocenters. The Morgan fingerprint density at radius 2 is 1.68 bits per heavy atom. The summed E-state index contributed by atoms with van der Waals surface area (Å²) in [4.78, 5) is 0. The fourth-order valence-corrected chi connectivity index (χ4v) is 2.74. The average Bonchev–Trinajstić information content (AvgIpc) is 2.40. The minimum Gasteiger partial charge on any atom is -0.396 e. The highest BCUT2D eigenvalue weighted by atomic mass is 16.3. The van der Waals surface area contributed by atoms with Crippen molar-refractivity contribution in [1.82, 2.24) is 0 Å². The molecule has 0 bridgehead atoms. The Kier molecular flexibility index (Phi) is 9.62. The molecule has 0 heterocycles. The molecule has 0 aromatic carbocycles. The fourth-order valence-electron chi connectivity index (χ4n) is 2.74. The zero-order valence-corrected chi connectivity index (χ0v) is 12.7. The molecule has 4 N–H and O–H groups in total. The summed E-state index contributed by atoms with van der Waals surface area (Å²) in [5, 5.41) is 38.2. The Morgan fingerprint density at radius 3 is 2.11 bits per heavy atom. The van der Waals surface area contributed by atoms with Gasteiger partial charge in [-0.1, -0.05) is 33.6 Å². The first-order valence-corrected chi connectivity index (χ1v) is 7.55. The molecule has 19 heavy (non-hydrogen) atoms. The van der Waals surface area contributed by atoms with Crippen LogP contribution in [0.4, 0.5) is 0 Å². The number of hydrogen-bond acceptors (Lipinski definition) is 4. The lowest BCUT2D eigenvalue weighted by molar-refractivity contribution is -0.0328. The van der Waals surface area contributed by atoms with E-state index < -0.39 is 12.2 Å². The summed E-state index contributed by atoms with van der Waals surface area (Å²) in [5.41, 5.74) is -0.171. The summed E-state index contributed by atoms with van der Waals surface area (Å²) in [6, 6.07) is 0. The third-order valence-corrected chi connectivity index (χ3v) is 4.56. The topological polar surface area (TPSA) is 80.9 Å². The molecule has 0 saturated heterocycles. The molecule has 0 saturated carbocycles. The minimum atomic E-state index is -0.883. The standard InChI is InChI=1S/C15H32O4/c1-4-6-8-15(5-2,11-17)12(3)10-14(19)13(18)7-9-16/h12-14,16-19H,4-11H2,1-3H3. The maximum absolute atomic E-state index is 9.96. The van der Waals surface area contributed by atoms with E-state index in [1.165, 1.54) is 0 Å². The lowest BCUT2D eigenvalue weighted by Gasteiger charge is -2.38. The molecular weight excluding hydrogens is 244 g/mol. The van der Waals surface area contributed by atoms with Crippen molar-refractivity contribution in [1.29, 1.82) is 0 Å². The van der Waals surface area contributed by atoms with Crippen molar-refractivity contribution in [3.8, 4) is 0 Å². The van der Waals surface area contributed by atoms with Gasteiger partial charge in [0.05, 0.1) is 12.2 Å². The van der Waals surface area contributed by atoms with Crippen LogP contribution in [-0.4, -0.2) is 45.8 Å². The lowest BCUT2D eigenvalue weighted by Crippen LogP contribution is -2.37. The van der Waals surface area contributed by atoms with E-state index >= 15 is 0 Å². The van der Waals surface area contributed by atoms with Crippen LogP contribution in [0.25, 0.3) is 0 Å². The van der Waals surface area contributed by atoms with Crippen LogP contribution in [0.3, 0.4) is 0 Å². The first-order chi connectivity index (χ1) is 8.97. The molecule has 0 aliphatic heterocycles. The number of hydrogen-bond donors (Lipinski definition) is 4. The zero-order valence-electron chi connectivity index (χ0n) is 12.7. The monoisotopic (exact) mass is 276 g/mol. The van der Waals surface area contributed by atoms with E-state index in [0.717, 1.165) is 25.7 Å². The lowest BCUT2D eigenvalue weighted by atomic mass is 9.69. The summed E-state index contributed by atoms with van der Waals surface area (Å²) >= 11 is 0. The third-order valence-electron chi connectivity index (χ3n) is 4.56. The van der Waals surface area contributed by atoms with Gasteiger partial charge in [-0.25, -0.2) is 0 Å². The molecule has 116 valence electrons. The van der Waals surface area contributed by atoms with Crippen LogP contribution < -0.4 is 0 Å². The van der Waals surface area contributed by atoms with Crippen LogP contribution in [0.1, 0.15) is 59.3 Å². The number of unbranched alkanes of at least 4 members (excludes halogenated alkanes) is 1. The fraction of sp³-hybridized carbons (Fsp3) is 1.00. The van der Waals surface area contributed by atoms with Crippen molar-refractivity contribution in [2.24, 2.45) is 11.3 Å². The second-order valence-corrected chi connectivity index (χ2v) is 5.76. The first-order valence-electron chi connectivity index (χ1n) is 7.55. The maximum atomic E-state index is 9.96. The number of rotatable bonds is 11. The highest BCUT2D eigenvalue weighted by molar-refractivity contribution is 4.85. The Bertz CT molecular complexity index is 216. The summed E-state index contributed by atoms with van der Waals surface area (Å²) < 4.78 is 0. The van der Waals surface area contributed by atoms with Gasteiger partial charge in [-0.3, -0.25) is 0 Å². The Labute approximate surface area is 117 Å². The van der Waals surface area contributed by atoms with E-state index in [0.29, 0.717) is 6.42 Å². The van der Waals surface area contributed by atoms with Crippen molar-refractivity contribution < 1.29 is 20.4 Å². The summed E-state index contributed by atoms with van der Waals surface area (Å²) in [5.74, 6) is 0.136. The quantitative estimate of drug-likeness (QED) is 0.463. The third kappa shape index (κ3) is 5.78. The molecule has 4 nitrogen and oxygen atoms in total. The summed E-state index contributed by atoms with van der Waals surface area (Å²) in [7, 11) is 0. The predicted molar refractivity (Wildman–Crippen MR) is 76.8 cm³/mol. The van der Waals surface area contributed by atoms with Gasteiger partial charge in [-0.2, -0.15) is 0 Å². The van der Waals surface area contributed by atoms with Gasteiger partial charge >= 0.3 is 0 Å². The van der Waals surface area contributed by atoms with Crippen molar-refractivity contribution >= 4 is 0 Å². The van der Waals surface area contributed by atoms with Gasteiger partial charge in [0.2, 0.25) is 0 Å². The summed E-state index contributed by atoms with van der Waals surface area (Å²) in [6.45, 7) is 6.22. The van der Waals surface area contributed by atoms with Gasteiger partial charge in [0.15, 0.2) is 0 Å². The van der Waals surface area contributed by atoms with Crippen LogP contribution in [-0.2, 0) is 0 Å². The predicted octanol–water partition coefficient (Wildman–Crippen LogP) is 1.70. The largest absolute Gasteiger partial charge is 0.396 e. The number of aliphatic hydroxyl groups is 4. The Hall–Kier alpha value is -0.160. The van der Waals surface area contributed by atoms with Gasteiger partial charge in [-0.15, -0.1) is 0 Å². The van der Waals surface area contributed by atoms with Crippen LogP contribution >= 0.6 is 0 Å². The van der Waals surface area contributed by atoms with E-state index in [1.54, 1.807) is 0 Å².